The molecule has 2 N–H and O–H groups in total. The Bertz CT molecular complexity index is 968. The Morgan fingerprint density at radius 3 is 2.71 bits per heavy atom. The lowest BCUT2D eigenvalue weighted by Crippen LogP contribution is -1.91. The van der Waals surface area contributed by atoms with Crippen LogP contribution in [0.15, 0.2) is 70.2 Å². The molecule has 24 heavy (non-hydrogen) atoms. The highest BCUT2D eigenvalue weighted by Crippen LogP contribution is 2.21. The summed E-state index contributed by atoms with van der Waals surface area (Å²) < 4.78 is 18.6. The summed E-state index contributed by atoms with van der Waals surface area (Å²) in [5.74, 6) is 1.51. The maximum Gasteiger partial charge on any atom is 0.222 e. The van der Waals surface area contributed by atoms with Gasteiger partial charge in [0.05, 0.1) is 17.2 Å². The number of anilines is 1. The lowest BCUT2D eigenvalue weighted by Gasteiger charge is -1.96. The summed E-state index contributed by atoms with van der Waals surface area (Å²) in [6.45, 7) is 0. The summed E-state index contributed by atoms with van der Waals surface area (Å²) in [7, 11) is 0. The molecular formula is C18H13FN4O. The summed E-state index contributed by atoms with van der Waals surface area (Å²) in [4.78, 5) is 7.47. The second kappa shape index (κ2) is 6.00. The van der Waals surface area contributed by atoms with E-state index in [4.69, 9.17) is 4.42 Å². The topological polar surface area (TPSA) is 66.2 Å². The van der Waals surface area contributed by atoms with Gasteiger partial charge in [-0.05, 0) is 48.5 Å². The SMILES string of the molecule is Fc1ccc(-c2ccc(C=NNc3nc4ccccc4[nH]3)o2)cc1. The molecule has 4 aromatic rings. The van der Waals surface area contributed by atoms with Crippen molar-refractivity contribution in [1.29, 1.82) is 0 Å². The fraction of sp³-hybridized carbons (Fsp3) is 0. The maximum absolute atomic E-state index is 12.9. The van der Waals surface area contributed by atoms with Crippen molar-refractivity contribution in [2.75, 3.05) is 5.43 Å². The molecule has 0 bridgehead atoms. The number of H-pyrrole nitrogens is 1. The van der Waals surface area contributed by atoms with Gasteiger partial charge in [-0.3, -0.25) is 0 Å². The summed E-state index contributed by atoms with van der Waals surface area (Å²) in [6, 6.07) is 17.5. The molecule has 0 amide bonds. The zero-order valence-electron chi connectivity index (χ0n) is 12.5. The van der Waals surface area contributed by atoms with Gasteiger partial charge in [-0.2, -0.15) is 5.10 Å². The Hall–Kier alpha value is -3.41. The van der Waals surface area contributed by atoms with Gasteiger partial charge < -0.3 is 9.40 Å². The average Bonchev–Trinajstić information content (AvgIpc) is 3.22. The number of aromatic nitrogens is 2. The van der Waals surface area contributed by atoms with Crippen LogP contribution in [0.4, 0.5) is 10.3 Å². The predicted molar refractivity (Wildman–Crippen MR) is 91.4 cm³/mol. The first kappa shape index (κ1) is 14.2. The number of halogens is 1. The number of hydrazone groups is 1. The van der Waals surface area contributed by atoms with Crippen LogP contribution in [0.3, 0.4) is 0 Å². The number of benzene rings is 2. The van der Waals surface area contributed by atoms with Crippen LogP contribution < -0.4 is 5.43 Å². The molecule has 0 aliphatic rings. The summed E-state index contributed by atoms with van der Waals surface area (Å²) in [5.41, 5.74) is 5.44. The Morgan fingerprint density at radius 1 is 1.04 bits per heavy atom. The van der Waals surface area contributed by atoms with Crippen molar-refractivity contribution in [3.8, 4) is 11.3 Å². The standard InChI is InChI=1S/C18H13FN4O/c19-13-7-5-12(6-8-13)17-10-9-14(24-17)11-20-23-18-21-15-3-1-2-4-16(15)22-18/h1-11H,(H2,21,22,23). The normalized spacial score (nSPS) is 11.4. The Kier molecular flexibility index (Phi) is 3.55. The Labute approximate surface area is 136 Å². The zero-order chi connectivity index (χ0) is 16.4. The third kappa shape index (κ3) is 2.89. The van der Waals surface area contributed by atoms with E-state index in [0.717, 1.165) is 16.6 Å². The van der Waals surface area contributed by atoms with Crippen LogP contribution in [0, 0.1) is 5.82 Å². The van der Waals surface area contributed by atoms with Crippen LogP contribution in [0.5, 0.6) is 0 Å². The molecule has 0 saturated heterocycles. The van der Waals surface area contributed by atoms with Gasteiger partial charge >= 0.3 is 0 Å². The minimum atomic E-state index is -0.276. The highest BCUT2D eigenvalue weighted by atomic mass is 19.1. The molecule has 4 rings (SSSR count). The largest absolute Gasteiger partial charge is 0.455 e. The quantitative estimate of drug-likeness (QED) is 0.432. The number of hydrogen-bond donors (Lipinski definition) is 2. The van der Waals surface area contributed by atoms with Gasteiger partial charge in [-0.15, -0.1) is 0 Å². The van der Waals surface area contributed by atoms with Crippen LogP contribution in [0.25, 0.3) is 22.4 Å². The van der Waals surface area contributed by atoms with E-state index in [9.17, 15) is 4.39 Å². The van der Waals surface area contributed by atoms with Crippen molar-refractivity contribution < 1.29 is 8.81 Å². The smallest absolute Gasteiger partial charge is 0.222 e. The molecule has 2 aromatic heterocycles. The van der Waals surface area contributed by atoms with Crippen molar-refractivity contribution >= 4 is 23.2 Å². The summed E-state index contributed by atoms with van der Waals surface area (Å²) in [6.07, 6.45) is 1.56. The third-order valence-electron chi connectivity index (χ3n) is 3.51. The number of fused-ring (bicyclic) bond motifs is 1. The number of nitrogens with zero attached hydrogens (tertiary/aromatic N) is 2. The fourth-order valence-electron chi connectivity index (χ4n) is 2.35. The molecule has 2 heterocycles. The van der Waals surface area contributed by atoms with Gasteiger partial charge in [-0.1, -0.05) is 12.1 Å². The lowest BCUT2D eigenvalue weighted by atomic mass is 10.2. The molecule has 118 valence electrons. The zero-order valence-corrected chi connectivity index (χ0v) is 12.5. The molecule has 0 atom stereocenters. The molecule has 0 aliphatic carbocycles. The van der Waals surface area contributed by atoms with Gasteiger partial charge in [0.2, 0.25) is 5.95 Å². The second-order valence-corrected chi connectivity index (χ2v) is 5.18. The molecule has 6 heteroatoms. The minimum absolute atomic E-state index is 0.276. The van der Waals surface area contributed by atoms with E-state index in [2.05, 4.69) is 20.5 Å². The molecule has 0 aliphatic heterocycles. The van der Waals surface area contributed by atoms with Crippen molar-refractivity contribution in [3.63, 3.8) is 0 Å². The van der Waals surface area contributed by atoms with Crippen molar-refractivity contribution in [2.24, 2.45) is 5.10 Å². The van der Waals surface area contributed by atoms with E-state index in [0.29, 0.717) is 17.5 Å². The first-order valence-electron chi connectivity index (χ1n) is 7.37. The van der Waals surface area contributed by atoms with Gasteiger partial charge in [-0.25, -0.2) is 14.8 Å². The Balaban J connectivity index is 1.47. The van der Waals surface area contributed by atoms with Crippen molar-refractivity contribution in [3.05, 3.63) is 72.2 Å². The Morgan fingerprint density at radius 2 is 1.88 bits per heavy atom. The van der Waals surface area contributed by atoms with E-state index < -0.39 is 0 Å². The van der Waals surface area contributed by atoms with Gasteiger partial charge in [0.1, 0.15) is 17.3 Å². The lowest BCUT2D eigenvalue weighted by molar-refractivity contribution is 0.574. The number of nitrogens with one attached hydrogen (secondary N) is 2. The fourth-order valence-corrected chi connectivity index (χ4v) is 2.35. The number of aromatic amines is 1. The highest BCUT2D eigenvalue weighted by molar-refractivity contribution is 5.79. The minimum Gasteiger partial charge on any atom is -0.455 e. The highest BCUT2D eigenvalue weighted by Gasteiger charge is 2.04. The van der Waals surface area contributed by atoms with E-state index in [1.807, 2.05) is 30.3 Å². The molecule has 0 fully saturated rings. The molecule has 5 nitrogen and oxygen atoms in total. The maximum atomic E-state index is 12.9. The molecule has 0 spiro atoms. The van der Waals surface area contributed by atoms with E-state index >= 15 is 0 Å². The molecule has 2 aromatic carbocycles. The van der Waals surface area contributed by atoms with Crippen LogP contribution >= 0.6 is 0 Å². The summed E-state index contributed by atoms with van der Waals surface area (Å²) >= 11 is 0. The monoisotopic (exact) mass is 320 g/mol. The van der Waals surface area contributed by atoms with E-state index in [-0.39, 0.29) is 5.82 Å². The summed E-state index contributed by atoms with van der Waals surface area (Å²) in [5, 5.41) is 4.11. The van der Waals surface area contributed by atoms with Gasteiger partial charge in [0.25, 0.3) is 0 Å². The van der Waals surface area contributed by atoms with E-state index in [1.54, 1.807) is 24.4 Å². The number of imidazole rings is 1. The number of hydrogen-bond acceptors (Lipinski definition) is 4. The van der Waals surface area contributed by atoms with Crippen LogP contribution in [0.2, 0.25) is 0 Å². The third-order valence-corrected chi connectivity index (χ3v) is 3.51. The van der Waals surface area contributed by atoms with E-state index in [1.165, 1.54) is 12.1 Å². The van der Waals surface area contributed by atoms with Crippen molar-refractivity contribution in [1.82, 2.24) is 9.97 Å². The van der Waals surface area contributed by atoms with Crippen LogP contribution in [-0.2, 0) is 0 Å². The molecule has 0 saturated carbocycles. The molecule has 0 radical (unpaired) electrons. The molecule has 0 unspecified atom stereocenters. The number of furan rings is 1. The first-order valence-corrected chi connectivity index (χ1v) is 7.37. The predicted octanol–water partition coefficient (Wildman–Crippen LogP) is 4.41. The van der Waals surface area contributed by atoms with Gasteiger partial charge in [0.15, 0.2) is 0 Å². The molecular weight excluding hydrogens is 307 g/mol. The van der Waals surface area contributed by atoms with Crippen LogP contribution in [0.1, 0.15) is 5.76 Å². The van der Waals surface area contributed by atoms with Crippen LogP contribution in [-0.4, -0.2) is 16.2 Å². The second-order valence-electron chi connectivity index (χ2n) is 5.18. The number of para-hydroxylation sites is 2. The first-order chi connectivity index (χ1) is 11.8. The van der Waals surface area contributed by atoms with Crippen molar-refractivity contribution in [2.45, 2.75) is 0 Å². The number of rotatable bonds is 4. The van der Waals surface area contributed by atoms with Gasteiger partial charge in [0, 0.05) is 5.56 Å². The average molecular weight is 320 g/mol.